The van der Waals surface area contributed by atoms with E-state index in [9.17, 15) is 0 Å². The average molecular weight is 164 g/mol. The number of nitrogens with one attached hydrogen (secondary N) is 1. The van der Waals surface area contributed by atoms with Crippen molar-refractivity contribution in [2.24, 2.45) is 0 Å². The molecule has 0 spiro atoms. The summed E-state index contributed by atoms with van der Waals surface area (Å²) in [5, 5.41) is 3.30. The molecule has 1 aromatic rings. The molecule has 1 N–H and O–H groups in total. The topological polar surface area (TPSA) is 26.9 Å². The van der Waals surface area contributed by atoms with E-state index in [2.05, 4.69) is 49.1 Å². The minimum absolute atomic E-state index is 0.215. The average Bonchev–Trinajstić information content (AvgIpc) is 2.66. The molecule has 1 atom stereocenters. The van der Waals surface area contributed by atoms with Gasteiger partial charge in [-0.15, -0.1) is 0 Å². The van der Waals surface area contributed by atoms with Gasteiger partial charge in [-0.05, 0) is 32.4 Å². The second-order valence-electron chi connectivity index (χ2n) is 4.48. The Bertz CT molecular complexity index is 276. The highest BCUT2D eigenvalue weighted by atomic mass is 15.1. The maximum absolute atomic E-state index is 3.30. The third kappa shape index (κ3) is 1.39. The highest BCUT2D eigenvalue weighted by Crippen LogP contribution is 2.24. The van der Waals surface area contributed by atoms with Gasteiger partial charge in [-0.2, -0.15) is 0 Å². The largest absolute Gasteiger partial charge is 0.349 e. The van der Waals surface area contributed by atoms with E-state index in [0.29, 0.717) is 6.04 Å². The molecule has 1 aliphatic heterocycles. The lowest BCUT2D eigenvalue weighted by atomic mass is 10.1. The van der Waals surface area contributed by atoms with Crippen molar-refractivity contribution in [2.75, 3.05) is 6.54 Å². The maximum Gasteiger partial charge on any atom is 0.0462 e. The molecule has 0 bridgehead atoms. The Morgan fingerprint density at radius 1 is 1.50 bits per heavy atom. The Morgan fingerprint density at radius 3 is 2.58 bits per heavy atom. The molecule has 1 aromatic heterocycles. The van der Waals surface area contributed by atoms with Crippen molar-refractivity contribution >= 4 is 0 Å². The second-order valence-corrected chi connectivity index (χ2v) is 4.48. The Balaban J connectivity index is 2.23. The molecule has 2 heteroatoms. The molecule has 1 aliphatic rings. The van der Waals surface area contributed by atoms with Crippen LogP contribution in [0.25, 0.3) is 0 Å². The van der Waals surface area contributed by atoms with Crippen LogP contribution in [0.15, 0.2) is 18.5 Å². The molecule has 0 aliphatic carbocycles. The van der Waals surface area contributed by atoms with E-state index in [1.54, 1.807) is 0 Å². The van der Waals surface area contributed by atoms with Crippen molar-refractivity contribution in [1.29, 1.82) is 0 Å². The van der Waals surface area contributed by atoms with Crippen LogP contribution in [0.1, 0.15) is 32.4 Å². The molecule has 0 aromatic carbocycles. The van der Waals surface area contributed by atoms with Crippen LogP contribution in [0.2, 0.25) is 0 Å². The summed E-state index contributed by atoms with van der Waals surface area (Å²) in [5.41, 5.74) is 1.64. The summed E-state index contributed by atoms with van der Waals surface area (Å²) in [6.07, 6.45) is 4.40. The van der Waals surface area contributed by atoms with Crippen LogP contribution in [0.3, 0.4) is 0 Å². The zero-order valence-electron chi connectivity index (χ0n) is 7.96. The van der Waals surface area contributed by atoms with Gasteiger partial charge in [-0.1, -0.05) is 0 Å². The monoisotopic (exact) mass is 164 g/mol. The Labute approximate surface area is 73.6 Å². The third-order valence-corrected chi connectivity index (χ3v) is 2.30. The van der Waals surface area contributed by atoms with E-state index in [1.165, 1.54) is 5.56 Å². The molecule has 0 saturated carbocycles. The minimum Gasteiger partial charge on any atom is -0.349 e. The molecule has 0 radical (unpaired) electrons. The van der Waals surface area contributed by atoms with E-state index < -0.39 is 0 Å². The molecular weight excluding hydrogens is 148 g/mol. The summed E-state index contributed by atoms with van der Waals surface area (Å²) in [6.45, 7) is 7.81. The highest BCUT2D eigenvalue weighted by molar-refractivity contribution is 5.21. The predicted octanol–water partition coefficient (Wildman–Crippen LogP) is 1.89. The van der Waals surface area contributed by atoms with Crippen molar-refractivity contribution in [3.8, 4) is 0 Å². The van der Waals surface area contributed by atoms with Crippen LogP contribution in [-0.4, -0.2) is 11.1 Å². The van der Waals surface area contributed by atoms with E-state index in [0.717, 1.165) is 6.54 Å². The summed E-state index contributed by atoms with van der Waals surface area (Å²) in [5.74, 6) is 0. The first-order valence-corrected chi connectivity index (χ1v) is 4.49. The Hall–Kier alpha value is -0.760. The molecule has 1 saturated heterocycles. The van der Waals surface area contributed by atoms with Gasteiger partial charge >= 0.3 is 0 Å². The molecule has 12 heavy (non-hydrogen) atoms. The zero-order chi connectivity index (χ0) is 8.77. The zero-order valence-corrected chi connectivity index (χ0v) is 7.96. The van der Waals surface area contributed by atoms with Crippen molar-refractivity contribution in [1.82, 2.24) is 9.88 Å². The van der Waals surface area contributed by atoms with Crippen LogP contribution < -0.4 is 5.32 Å². The van der Waals surface area contributed by atoms with Gasteiger partial charge in [-0.25, -0.2) is 0 Å². The van der Waals surface area contributed by atoms with Crippen LogP contribution in [0.4, 0.5) is 0 Å². The molecule has 2 heterocycles. The smallest absolute Gasteiger partial charge is 0.0462 e. The molecule has 2 nitrogen and oxygen atoms in total. The van der Waals surface area contributed by atoms with E-state index in [4.69, 9.17) is 0 Å². The van der Waals surface area contributed by atoms with Gasteiger partial charge in [0.05, 0.1) is 0 Å². The summed E-state index contributed by atoms with van der Waals surface area (Å²) in [4.78, 5) is 0. The lowest BCUT2D eigenvalue weighted by Gasteiger charge is -2.20. The van der Waals surface area contributed by atoms with Crippen LogP contribution in [0, 0.1) is 0 Å². The van der Waals surface area contributed by atoms with E-state index in [1.807, 2.05) is 0 Å². The van der Waals surface area contributed by atoms with Gasteiger partial charge < -0.3 is 9.88 Å². The van der Waals surface area contributed by atoms with Gasteiger partial charge in [-0.3, -0.25) is 0 Å². The van der Waals surface area contributed by atoms with Gasteiger partial charge in [0, 0.05) is 30.5 Å². The van der Waals surface area contributed by atoms with E-state index >= 15 is 0 Å². The van der Waals surface area contributed by atoms with Crippen molar-refractivity contribution in [3.05, 3.63) is 24.0 Å². The predicted molar refractivity (Wildman–Crippen MR) is 50.2 cm³/mol. The normalized spacial score (nSPS) is 22.8. The summed E-state index contributed by atoms with van der Waals surface area (Å²) in [6, 6.07) is 2.84. The van der Waals surface area contributed by atoms with Crippen molar-refractivity contribution in [2.45, 2.75) is 32.4 Å². The SMILES string of the molecule is CC(C)(C)n1ccc([C@H]2CN2)c1. The summed E-state index contributed by atoms with van der Waals surface area (Å²) >= 11 is 0. The minimum atomic E-state index is 0.215. The second kappa shape index (κ2) is 2.36. The number of nitrogens with zero attached hydrogens (tertiary/aromatic N) is 1. The van der Waals surface area contributed by atoms with Crippen LogP contribution >= 0.6 is 0 Å². The molecule has 66 valence electrons. The molecule has 1 fully saturated rings. The first-order chi connectivity index (χ1) is 5.57. The quantitative estimate of drug-likeness (QED) is 0.630. The fourth-order valence-electron chi connectivity index (χ4n) is 1.33. The standard InChI is InChI=1S/C10H16N2/c1-10(2,3)12-5-4-8(7-12)9-6-11-9/h4-5,7,9,11H,6H2,1-3H3/t9-/m1/s1. The highest BCUT2D eigenvalue weighted by Gasteiger charge is 2.24. The van der Waals surface area contributed by atoms with Gasteiger partial charge in [0.25, 0.3) is 0 Å². The maximum atomic E-state index is 3.30. The number of hydrogen-bond acceptors (Lipinski definition) is 1. The van der Waals surface area contributed by atoms with Crippen molar-refractivity contribution < 1.29 is 0 Å². The van der Waals surface area contributed by atoms with Gasteiger partial charge in [0.2, 0.25) is 0 Å². The van der Waals surface area contributed by atoms with E-state index in [-0.39, 0.29) is 5.54 Å². The molecule has 0 unspecified atom stereocenters. The Morgan fingerprint density at radius 2 is 2.17 bits per heavy atom. The number of aromatic nitrogens is 1. The first-order valence-electron chi connectivity index (χ1n) is 4.49. The lowest BCUT2D eigenvalue weighted by molar-refractivity contribution is 0.398. The number of rotatable bonds is 1. The van der Waals surface area contributed by atoms with Crippen molar-refractivity contribution in [3.63, 3.8) is 0 Å². The Kier molecular flexibility index (Phi) is 1.55. The molecular formula is C10H16N2. The fraction of sp³-hybridized carbons (Fsp3) is 0.600. The molecule has 2 rings (SSSR count). The van der Waals surface area contributed by atoms with Gasteiger partial charge in [0.15, 0.2) is 0 Å². The number of hydrogen-bond donors (Lipinski definition) is 1. The van der Waals surface area contributed by atoms with Crippen LogP contribution in [0.5, 0.6) is 0 Å². The first kappa shape index (κ1) is 7.87. The third-order valence-electron chi connectivity index (χ3n) is 2.30. The summed E-state index contributed by atoms with van der Waals surface area (Å²) in [7, 11) is 0. The van der Waals surface area contributed by atoms with Gasteiger partial charge in [0.1, 0.15) is 0 Å². The lowest BCUT2D eigenvalue weighted by Crippen LogP contribution is -2.19. The van der Waals surface area contributed by atoms with Crippen LogP contribution in [-0.2, 0) is 5.54 Å². The molecule has 0 amide bonds. The fourth-order valence-corrected chi connectivity index (χ4v) is 1.33. The summed E-state index contributed by atoms with van der Waals surface area (Å²) < 4.78 is 2.27.